The minimum atomic E-state index is -0.854. The van der Waals surface area contributed by atoms with E-state index in [1.54, 1.807) is 12.1 Å². The highest BCUT2D eigenvalue weighted by Gasteiger charge is 2.56. The SMILES string of the molecule is O=C(NCCC1=CCCCC1)C1(C(=O)NCc2ccc(Cl)cc2)CC1. The van der Waals surface area contributed by atoms with Crippen LogP contribution in [0.2, 0.25) is 5.02 Å². The molecule has 1 saturated carbocycles. The quantitative estimate of drug-likeness (QED) is 0.574. The number of halogens is 1. The van der Waals surface area contributed by atoms with Gasteiger partial charge in [0.15, 0.2) is 0 Å². The maximum atomic E-state index is 12.5. The highest BCUT2D eigenvalue weighted by Crippen LogP contribution is 2.46. The number of nitrogens with one attached hydrogen (secondary N) is 2. The molecule has 2 N–H and O–H groups in total. The molecule has 25 heavy (non-hydrogen) atoms. The van der Waals surface area contributed by atoms with Gasteiger partial charge in [-0.3, -0.25) is 9.59 Å². The van der Waals surface area contributed by atoms with Crippen LogP contribution in [0.4, 0.5) is 0 Å². The van der Waals surface area contributed by atoms with E-state index in [4.69, 9.17) is 11.6 Å². The van der Waals surface area contributed by atoms with Crippen molar-refractivity contribution in [2.45, 2.75) is 51.5 Å². The Morgan fingerprint density at radius 2 is 1.76 bits per heavy atom. The summed E-state index contributed by atoms with van der Waals surface area (Å²) in [5.74, 6) is -0.297. The van der Waals surface area contributed by atoms with Gasteiger partial charge < -0.3 is 10.6 Å². The van der Waals surface area contributed by atoms with Gasteiger partial charge in [0.05, 0.1) is 0 Å². The number of hydrogen-bond donors (Lipinski definition) is 2. The standard InChI is InChI=1S/C20H25ClN2O2/c21-17-8-6-16(7-9-17)14-23-19(25)20(11-12-20)18(24)22-13-10-15-4-2-1-3-5-15/h4,6-9H,1-3,5,10-14H2,(H,22,24)(H,23,25). The van der Waals surface area contributed by atoms with Crippen LogP contribution in [0.5, 0.6) is 0 Å². The molecule has 0 aliphatic heterocycles. The molecule has 1 fully saturated rings. The maximum absolute atomic E-state index is 12.5. The van der Waals surface area contributed by atoms with E-state index in [9.17, 15) is 9.59 Å². The van der Waals surface area contributed by atoms with E-state index in [0.717, 1.165) is 24.8 Å². The molecule has 1 aromatic carbocycles. The van der Waals surface area contributed by atoms with Gasteiger partial charge in [-0.15, -0.1) is 0 Å². The van der Waals surface area contributed by atoms with E-state index in [1.807, 2.05) is 12.1 Å². The zero-order valence-electron chi connectivity index (χ0n) is 14.4. The van der Waals surface area contributed by atoms with Gasteiger partial charge >= 0.3 is 0 Å². The Labute approximate surface area is 154 Å². The van der Waals surface area contributed by atoms with Gasteiger partial charge in [0.2, 0.25) is 11.8 Å². The Hall–Kier alpha value is -1.81. The molecule has 0 radical (unpaired) electrons. The molecule has 5 heteroatoms. The zero-order chi connectivity index (χ0) is 17.7. The Balaban J connectivity index is 1.45. The number of benzene rings is 1. The minimum absolute atomic E-state index is 0.127. The normalized spacial score (nSPS) is 18.2. The summed E-state index contributed by atoms with van der Waals surface area (Å²) < 4.78 is 0. The van der Waals surface area contributed by atoms with Crippen LogP contribution >= 0.6 is 11.6 Å². The average molecular weight is 361 g/mol. The molecule has 3 rings (SSSR count). The number of allylic oxidation sites excluding steroid dienone is 1. The van der Waals surface area contributed by atoms with Crippen LogP contribution in [-0.4, -0.2) is 18.4 Å². The van der Waals surface area contributed by atoms with Crippen molar-refractivity contribution in [2.24, 2.45) is 5.41 Å². The van der Waals surface area contributed by atoms with Crippen molar-refractivity contribution in [1.82, 2.24) is 10.6 Å². The second kappa shape index (κ2) is 8.05. The fraction of sp³-hybridized carbons (Fsp3) is 0.500. The van der Waals surface area contributed by atoms with Crippen molar-refractivity contribution in [2.75, 3.05) is 6.54 Å². The first-order valence-corrected chi connectivity index (χ1v) is 9.47. The van der Waals surface area contributed by atoms with Crippen molar-refractivity contribution in [3.8, 4) is 0 Å². The third kappa shape index (κ3) is 4.63. The maximum Gasteiger partial charge on any atom is 0.235 e. The van der Waals surface area contributed by atoms with Gasteiger partial charge in [0, 0.05) is 18.1 Å². The molecule has 1 aromatic rings. The largest absolute Gasteiger partial charge is 0.355 e. The van der Waals surface area contributed by atoms with Crippen LogP contribution in [0.25, 0.3) is 0 Å². The summed E-state index contributed by atoms with van der Waals surface area (Å²) in [7, 11) is 0. The molecule has 0 atom stereocenters. The number of hydrogen-bond acceptors (Lipinski definition) is 2. The van der Waals surface area contributed by atoms with E-state index in [2.05, 4.69) is 16.7 Å². The van der Waals surface area contributed by atoms with Crippen LogP contribution in [0.15, 0.2) is 35.9 Å². The van der Waals surface area contributed by atoms with E-state index in [0.29, 0.717) is 31.0 Å². The van der Waals surface area contributed by atoms with Crippen molar-refractivity contribution >= 4 is 23.4 Å². The van der Waals surface area contributed by atoms with Crippen LogP contribution < -0.4 is 10.6 Å². The zero-order valence-corrected chi connectivity index (χ0v) is 15.2. The molecule has 0 saturated heterocycles. The third-order valence-corrected chi connectivity index (χ3v) is 5.35. The van der Waals surface area contributed by atoms with Gasteiger partial charge in [-0.05, 0) is 62.6 Å². The molecule has 0 spiro atoms. The smallest absolute Gasteiger partial charge is 0.235 e. The lowest BCUT2D eigenvalue weighted by Crippen LogP contribution is -2.43. The molecule has 2 aliphatic rings. The monoisotopic (exact) mass is 360 g/mol. The highest BCUT2D eigenvalue weighted by atomic mass is 35.5. The lowest BCUT2D eigenvalue weighted by molar-refractivity contribution is -0.137. The first kappa shape index (κ1) is 18.0. The minimum Gasteiger partial charge on any atom is -0.355 e. The summed E-state index contributed by atoms with van der Waals surface area (Å²) in [6.07, 6.45) is 9.27. The van der Waals surface area contributed by atoms with E-state index >= 15 is 0 Å². The fourth-order valence-corrected chi connectivity index (χ4v) is 3.40. The summed E-state index contributed by atoms with van der Waals surface area (Å²) >= 11 is 5.86. The molecule has 2 amide bonds. The number of carbonyl (C=O) groups excluding carboxylic acids is 2. The van der Waals surface area contributed by atoms with Crippen molar-refractivity contribution < 1.29 is 9.59 Å². The molecule has 4 nitrogen and oxygen atoms in total. The van der Waals surface area contributed by atoms with Crippen LogP contribution in [0, 0.1) is 5.41 Å². The molecular formula is C20H25ClN2O2. The Morgan fingerprint density at radius 1 is 1.04 bits per heavy atom. The first-order valence-electron chi connectivity index (χ1n) is 9.09. The lowest BCUT2D eigenvalue weighted by atomic mass is 9.97. The Morgan fingerprint density at radius 3 is 2.40 bits per heavy atom. The van der Waals surface area contributed by atoms with E-state index in [1.165, 1.54) is 18.4 Å². The van der Waals surface area contributed by atoms with Crippen molar-refractivity contribution in [1.29, 1.82) is 0 Å². The highest BCUT2D eigenvalue weighted by molar-refractivity contribution is 6.30. The van der Waals surface area contributed by atoms with Gasteiger partial charge in [-0.2, -0.15) is 0 Å². The van der Waals surface area contributed by atoms with Crippen LogP contribution in [-0.2, 0) is 16.1 Å². The summed E-state index contributed by atoms with van der Waals surface area (Å²) in [6.45, 7) is 1.04. The predicted octanol–water partition coefficient (Wildman–Crippen LogP) is 3.74. The summed E-state index contributed by atoms with van der Waals surface area (Å²) in [5, 5.41) is 6.52. The molecule has 0 bridgehead atoms. The van der Waals surface area contributed by atoms with Crippen molar-refractivity contribution in [3.63, 3.8) is 0 Å². The second-order valence-electron chi connectivity index (χ2n) is 7.01. The van der Waals surface area contributed by atoms with Gasteiger partial charge in [0.1, 0.15) is 5.41 Å². The molecule has 134 valence electrons. The van der Waals surface area contributed by atoms with Gasteiger partial charge in [-0.25, -0.2) is 0 Å². The van der Waals surface area contributed by atoms with Gasteiger partial charge in [0.25, 0.3) is 0 Å². The van der Waals surface area contributed by atoms with E-state index < -0.39 is 5.41 Å². The molecule has 0 aromatic heterocycles. The average Bonchev–Trinajstić information content (AvgIpc) is 3.44. The van der Waals surface area contributed by atoms with Crippen LogP contribution in [0.3, 0.4) is 0 Å². The number of amides is 2. The topological polar surface area (TPSA) is 58.2 Å². The molecular weight excluding hydrogens is 336 g/mol. The van der Waals surface area contributed by atoms with Crippen LogP contribution in [0.1, 0.15) is 50.5 Å². The molecule has 0 heterocycles. The first-order chi connectivity index (χ1) is 12.1. The number of carbonyl (C=O) groups is 2. The Kier molecular flexibility index (Phi) is 5.79. The second-order valence-corrected chi connectivity index (χ2v) is 7.44. The molecule has 2 aliphatic carbocycles. The number of rotatable bonds is 7. The third-order valence-electron chi connectivity index (χ3n) is 5.10. The predicted molar refractivity (Wildman–Crippen MR) is 99.1 cm³/mol. The molecule has 0 unspecified atom stereocenters. The summed E-state index contributed by atoms with van der Waals surface area (Å²) in [5.41, 5.74) is 1.55. The lowest BCUT2D eigenvalue weighted by Gasteiger charge is -2.17. The van der Waals surface area contributed by atoms with Crippen molar-refractivity contribution in [3.05, 3.63) is 46.5 Å². The summed E-state index contributed by atoms with van der Waals surface area (Å²) in [6, 6.07) is 7.34. The van der Waals surface area contributed by atoms with Gasteiger partial charge in [-0.1, -0.05) is 35.4 Å². The Bertz CT molecular complexity index is 663. The fourth-order valence-electron chi connectivity index (χ4n) is 3.27. The summed E-state index contributed by atoms with van der Waals surface area (Å²) in [4.78, 5) is 24.9. The van der Waals surface area contributed by atoms with E-state index in [-0.39, 0.29) is 11.8 Å².